The van der Waals surface area contributed by atoms with E-state index in [4.69, 9.17) is 42.5 Å². The second-order valence-electron chi connectivity index (χ2n) is 6.00. The summed E-state index contributed by atoms with van der Waals surface area (Å²) in [6.45, 7) is 0.456. The minimum Gasteiger partial charge on any atom is -0.450 e. The Kier molecular flexibility index (Phi) is 15.5. The van der Waals surface area contributed by atoms with Crippen molar-refractivity contribution in [1.82, 2.24) is 21.3 Å². The van der Waals surface area contributed by atoms with Crippen molar-refractivity contribution < 1.29 is 38.1 Å². The number of hydrogen-bond donors (Lipinski definition) is 4. The zero-order valence-electron chi connectivity index (χ0n) is 17.6. The number of amides is 4. The number of carbonyl (C=O) groups is 4. The first-order valence-corrected chi connectivity index (χ1v) is 9.59. The lowest BCUT2D eigenvalue weighted by Crippen LogP contribution is -2.60. The summed E-state index contributed by atoms with van der Waals surface area (Å²) in [5.41, 5.74) is -1.66. The van der Waals surface area contributed by atoms with Gasteiger partial charge in [0.25, 0.3) is 0 Å². The van der Waals surface area contributed by atoms with Crippen LogP contribution in [0.2, 0.25) is 19.0 Å². The summed E-state index contributed by atoms with van der Waals surface area (Å²) in [6.07, 6.45) is -2.92. The maximum atomic E-state index is 12.1. The molecule has 0 saturated heterocycles. The molecular formula is C16H27B3N4O8. The molecule has 12 nitrogen and oxygen atoms in total. The molecule has 0 saturated carbocycles. The number of carbonyl (C=O) groups excluding carboxylic acids is 4. The molecule has 0 aliphatic heterocycles. The van der Waals surface area contributed by atoms with Crippen LogP contribution in [0.5, 0.6) is 0 Å². The van der Waals surface area contributed by atoms with Crippen molar-refractivity contribution >= 4 is 47.9 Å². The van der Waals surface area contributed by atoms with Gasteiger partial charge in [-0.3, -0.25) is 0 Å². The Morgan fingerprint density at radius 1 is 0.645 bits per heavy atom. The van der Waals surface area contributed by atoms with E-state index in [1.165, 1.54) is 0 Å². The molecule has 0 bridgehead atoms. The van der Waals surface area contributed by atoms with Crippen LogP contribution in [-0.4, -0.2) is 99.5 Å². The number of ether oxygens (including phenoxy) is 4. The average Bonchev–Trinajstić information content (AvgIpc) is 2.75. The van der Waals surface area contributed by atoms with Crippen LogP contribution < -0.4 is 21.3 Å². The fourth-order valence-electron chi connectivity index (χ4n) is 1.90. The van der Waals surface area contributed by atoms with E-state index in [2.05, 4.69) is 21.3 Å². The third-order valence-corrected chi connectivity index (χ3v) is 3.32. The molecule has 0 aromatic rings. The molecule has 0 aliphatic carbocycles. The van der Waals surface area contributed by atoms with Gasteiger partial charge in [0.2, 0.25) is 0 Å². The SMILES string of the molecule is [B]CCNC(=O)OCC(COC(=O)NCC[B])(COC(=O)NCC[B])NC(=O)OCC. The highest BCUT2D eigenvalue weighted by atomic mass is 16.6. The zero-order valence-corrected chi connectivity index (χ0v) is 17.6. The maximum Gasteiger partial charge on any atom is 0.407 e. The van der Waals surface area contributed by atoms with Gasteiger partial charge in [0.1, 0.15) is 25.4 Å². The van der Waals surface area contributed by atoms with Crippen molar-refractivity contribution in [2.75, 3.05) is 46.1 Å². The summed E-state index contributed by atoms with van der Waals surface area (Å²) in [5.74, 6) is 0. The van der Waals surface area contributed by atoms with E-state index >= 15 is 0 Å². The van der Waals surface area contributed by atoms with Crippen molar-refractivity contribution in [2.45, 2.75) is 31.4 Å². The second-order valence-corrected chi connectivity index (χ2v) is 6.00. The lowest BCUT2D eigenvalue weighted by atomic mass is 10.0. The monoisotopic (exact) mass is 436 g/mol. The third kappa shape index (κ3) is 14.0. The predicted octanol–water partition coefficient (Wildman–Crippen LogP) is -0.590. The Morgan fingerprint density at radius 2 is 1.00 bits per heavy atom. The van der Waals surface area contributed by atoms with Gasteiger partial charge < -0.3 is 40.2 Å². The van der Waals surface area contributed by atoms with E-state index in [0.717, 1.165) is 0 Å². The molecule has 0 aromatic heterocycles. The summed E-state index contributed by atoms with van der Waals surface area (Å²) < 4.78 is 20.1. The van der Waals surface area contributed by atoms with E-state index in [9.17, 15) is 19.2 Å². The van der Waals surface area contributed by atoms with Crippen LogP contribution in [-0.2, 0) is 18.9 Å². The molecule has 0 spiro atoms. The van der Waals surface area contributed by atoms with Gasteiger partial charge >= 0.3 is 24.4 Å². The topological polar surface area (TPSA) is 153 Å². The molecule has 0 unspecified atom stereocenters. The van der Waals surface area contributed by atoms with Crippen molar-refractivity contribution in [3.05, 3.63) is 0 Å². The summed E-state index contributed by atoms with van der Waals surface area (Å²) in [7, 11) is 15.9. The molecule has 0 rings (SSSR count). The molecule has 4 N–H and O–H groups in total. The van der Waals surface area contributed by atoms with Gasteiger partial charge in [-0.2, -0.15) is 0 Å². The first-order chi connectivity index (χ1) is 14.8. The summed E-state index contributed by atoms with van der Waals surface area (Å²) >= 11 is 0. The van der Waals surface area contributed by atoms with Crippen molar-refractivity contribution in [3.8, 4) is 0 Å². The van der Waals surface area contributed by atoms with E-state index in [0.29, 0.717) is 0 Å². The number of alkyl carbamates (subject to hydrolysis) is 4. The van der Waals surface area contributed by atoms with Crippen LogP contribution in [0.1, 0.15) is 6.92 Å². The van der Waals surface area contributed by atoms with Gasteiger partial charge in [0, 0.05) is 19.6 Å². The molecular weight excluding hydrogens is 409 g/mol. The standard InChI is InChI=1S/C16H27B3N4O8/c1-2-28-15(27)23-16(9-29-12(24)20-6-3-17,10-30-13(25)21-7-4-18)11-31-14(26)22-8-5-19/h2-11H2,1H3,(H,20,24)(H,21,25)(H,22,26)(H,23,27). The van der Waals surface area contributed by atoms with Crippen LogP contribution >= 0.6 is 0 Å². The highest BCUT2D eigenvalue weighted by molar-refractivity contribution is 6.09. The summed E-state index contributed by atoms with van der Waals surface area (Å²) in [5, 5.41) is 9.53. The van der Waals surface area contributed by atoms with Gasteiger partial charge in [-0.05, 0) is 6.92 Å². The molecule has 0 fully saturated rings. The summed E-state index contributed by atoms with van der Waals surface area (Å²) in [6, 6.07) is 0. The molecule has 0 heterocycles. The first-order valence-electron chi connectivity index (χ1n) is 9.59. The normalized spacial score (nSPS) is 10.4. The van der Waals surface area contributed by atoms with E-state index < -0.39 is 49.7 Å². The van der Waals surface area contributed by atoms with Crippen LogP contribution in [0.15, 0.2) is 0 Å². The van der Waals surface area contributed by atoms with E-state index in [1.807, 2.05) is 0 Å². The lowest BCUT2D eigenvalue weighted by molar-refractivity contribution is 0.0125. The Bertz CT molecular complexity index is 511. The van der Waals surface area contributed by atoms with Crippen molar-refractivity contribution in [1.29, 1.82) is 0 Å². The molecule has 168 valence electrons. The highest BCUT2D eigenvalue weighted by Gasteiger charge is 2.38. The van der Waals surface area contributed by atoms with Gasteiger partial charge in [-0.15, -0.1) is 0 Å². The Hall–Kier alpha value is -2.73. The largest absolute Gasteiger partial charge is 0.450 e. The van der Waals surface area contributed by atoms with Crippen LogP contribution in [0, 0.1) is 0 Å². The summed E-state index contributed by atoms with van der Waals surface area (Å²) in [4.78, 5) is 47.5. The molecule has 31 heavy (non-hydrogen) atoms. The third-order valence-electron chi connectivity index (χ3n) is 3.32. The average molecular weight is 436 g/mol. The number of hydrogen-bond acceptors (Lipinski definition) is 8. The molecule has 0 aliphatic rings. The smallest absolute Gasteiger partial charge is 0.407 e. The first kappa shape index (κ1) is 28.3. The van der Waals surface area contributed by atoms with Crippen LogP contribution in [0.4, 0.5) is 19.2 Å². The molecule has 4 amide bonds. The number of nitrogens with one attached hydrogen (secondary N) is 4. The van der Waals surface area contributed by atoms with Crippen molar-refractivity contribution in [2.24, 2.45) is 0 Å². The Labute approximate surface area is 185 Å². The number of rotatable bonds is 14. The Balaban J connectivity index is 5.39. The molecule has 0 aromatic carbocycles. The molecule has 0 atom stereocenters. The minimum absolute atomic E-state index is 0.0371. The van der Waals surface area contributed by atoms with Crippen molar-refractivity contribution in [3.63, 3.8) is 0 Å². The van der Waals surface area contributed by atoms with E-state index in [-0.39, 0.29) is 45.2 Å². The van der Waals surface area contributed by atoms with Gasteiger partial charge in [-0.1, -0.05) is 19.0 Å². The van der Waals surface area contributed by atoms with Gasteiger partial charge in [0.15, 0.2) is 0 Å². The zero-order chi connectivity index (χ0) is 23.5. The molecule has 6 radical (unpaired) electrons. The predicted molar refractivity (Wildman–Crippen MR) is 113 cm³/mol. The molecule has 15 heteroatoms. The van der Waals surface area contributed by atoms with Gasteiger partial charge in [0.05, 0.1) is 30.1 Å². The second kappa shape index (κ2) is 17.0. The Morgan fingerprint density at radius 3 is 1.29 bits per heavy atom. The highest BCUT2D eigenvalue weighted by Crippen LogP contribution is 2.11. The maximum absolute atomic E-state index is 12.1. The fraction of sp³-hybridized carbons (Fsp3) is 0.750. The minimum atomic E-state index is -1.66. The van der Waals surface area contributed by atoms with E-state index in [1.54, 1.807) is 6.92 Å². The van der Waals surface area contributed by atoms with Crippen LogP contribution in [0.25, 0.3) is 0 Å². The van der Waals surface area contributed by atoms with Gasteiger partial charge in [-0.25, -0.2) is 19.2 Å². The van der Waals surface area contributed by atoms with Crippen LogP contribution in [0.3, 0.4) is 0 Å². The lowest BCUT2D eigenvalue weighted by Gasteiger charge is -2.32. The fourth-order valence-corrected chi connectivity index (χ4v) is 1.90. The quantitative estimate of drug-likeness (QED) is 0.208.